The molecule has 1 aromatic rings. The Balaban J connectivity index is 3.07. The summed E-state index contributed by atoms with van der Waals surface area (Å²) < 4.78 is 6.13. The summed E-state index contributed by atoms with van der Waals surface area (Å²) >= 11 is 0. The molecule has 0 bridgehead atoms. The highest BCUT2D eigenvalue weighted by atomic mass is 16.5. The van der Waals surface area contributed by atoms with Crippen LogP contribution >= 0.6 is 0 Å². The van der Waals surface area contributed by atoms with Crippen LogP contribution in [0.15, 0.2) is 12.4 Å². The van der Waals surface area contributed by atoms with Crippen molar-refractivity contribution >= 4 is 17.5 Å². The normalized spacial score (nSPS) is 10.8. The van der Waals surface area contributed by atoms with Crippen LogP contribution in [0.5, 0.6) is 0 Å². The van der Waals surface area contributed by atoms with E-state index in [4.69, 9.17) is 11.3 Å². The average molecular weight is 235 g/mol. The van der Waals surface area contributed by atoms with Crippen LogP contribution in [0.25, 0.3) is 10.5 Å². The Morgan fingerprint density at radius 1 is 1.71 bits per heavy atom. The van der Waals surface area contributed by atoms with Crippen molar-refractivity contribution in [3.05, 3.63) is 23.8 Å². The van der Waals surface area contributed by atoms with Gasteiger partial charge in [-0.3, -0.25) is 0 Å². The summed E-state index contributed by atoms with van der Waals surface area (Å²) in [5.41, 5.74) is 0.208. The summed E-state index contributed by atoms with van der Waals surface area (Å²) in [7, 11) is 3.54. The molecule has 0 amide bonds. The van der Waals surface area contributed by atoms with Crippen molar-refractivity contribution < 1.29 is 9.53 Å². The fourth-order valence-corrected chi connectivity index (χ4v) is 1.08. The molecule has 0 unspecified atom stereocenters. The van der Waals surface area contributed by atoms with Gasteiger partial charge in [0, 0.05) is 30.6 Å². The zero-order valence-corrected chi connectivity index (χ0v) is 9.91. The summed E-state index contributed by atoms with van der Waals surface area (Å²) in [6.45, 7) is 8.78. The predicted octanol–water partition coefficient (Wildman–Crippen LogP) is 0.752. The molecule has 0 saturated carbocycles. The average Bonchev–Trinajstić information content (AvgIpc) is 2.74. The van der Waals surface area contributed by atoms with Gasteiger partial charge in [0.2, 0.25) is 0 Å². The Kier molecular flexibility index (Phi) is 4.22. The molecule has 0 aliphatic carbocycles. The Hall–Kier alpha value is -2.36. The molecule has 0 N–H and O–H groups in total. The second-order valence-corrected chi connectivity index (χ2v) is 3.33. The number of hydrogen-bond donors (Lipinski definition) is 0. The van der Waals surface area contributed by atoms with Crippen LogP contribution in [-0.2, 0) is 9.53 Å². The fraction of sp³-hybridized carbons (Fsp3) is 0.400. The first-order valence-corrected chi connectivity index (χ1v) is 4.94. The molecule has 0 aliphatic rings. The van der Waals surface area contributed by atoms with E-state index in [1.54, 1.807) is 32.1 Å². The van der Waals surface area contributed by atoms with Crippen LogP contribution in [0.1, 0.15) is 6.92 Å². The van der Waals surface area contributed by atoms with E-state index >= 15 is 0 Å². The largest absolute Gasteiger partial charge is 0.461 e. The highest BCUT2D eigenvalue weighted by Crippen LogP contribution is 2.11. The predicted molar refractivity (Wildman–Crippen MR) is 60.9 cm³/mol. The Bertz CT molecular complexity index is 469. The van der Waals surface area contributed by atoms with Crippen LogP contribution in [-0.4, -0.2) is 46.6 Å². The van der Waals surface area contributed by atoms with Crippen molar-refractivity contribution in [1.29, 1.82) is 0 Å². The lowest BCUT2D eigenvalue weighted by Crippen LogP contribution is -2.16. The second kappa shape index (κ2) is 5.65. The minimum absolute atomic E-state index is 0.124. The molecule has 0 fully saturated rings. The number of carbonyl (C=O) groups excluding carboxylic acids is 1. The zero-order chi connectivity index (χ0) is 12.8. The van der Waals surface area contributed by atoms with E-state index in [1.165, 1.54) is 10.9 Å². The van der Waals surface area contributed by atoms with E-state index in [0.717, 1.165) is 0 Å². The van der Waals surface area contributed by atoms with Crippen LogP contribution in [0.3, 0.4) is 0 Å². The third-order valence-corrected chi connectivity index (χ3v) is 1.71. The molecular formula is C10H13N5O2. The smallest absolute Gasteiger partial charge is 0.358 e. The van der Waals surface area contributed by atoms with Crippen LogP contribution in [0, 0.1) is 6.57 Å². The van der Waals surface area contributed by atoms with Crippen molar-refractivity contribution in [3.8, 4) is 0 Å². The molecule has 0 aromatic carbocycles. The molecule has 1 heterocycles. The maximum Gasteiger partial charge on any atom is 0.358 e. The molecule has 1 rings (SSSR count). The molecule has 7 heteroatoms. The Morgan fingerprint density at radius 3 is 2.88 bits per heavy atom. The fourth-order valence-electron chi connectivity index (χ4n) is 1.08. The van der Waals surface area contributed by atoms with Gasteiger partial charge in [0.1, 0.15) is 0 Å². The van der Waals surface area contributed by atoms with Crippen LogP contribution in [0.4, 0.5) is 5.82 Å². The topological polar surface area (TPSA) is 64.6 Å². The quantitative estimate of drug-likeness (QED) is 0.438. The summed E-state index contributed by atoms with van der Waals surface area (Å²) in [6.07, 6.45) is 2.93. The van der Waals surface area contributed by atoms with Crippen molar-refractivity contribution in [2.24, 2.45) is 0 Å². The highest BCUT2D eigenvalue weighted by Gasteiger charge is 2.16. The number of carbonyl (C=O) groups is 1. The first kappa shape index (κ1) is 12.7. The molecule has 17 heavy (non-hydrogen) atoms. The molecule has 0 radical (unpaired) electrons. The van der Waals surface area contributed by atoms with Gasteiger partial charge in [-0.25, -0.2) is 9.48 Å². The first-order valence-electron chi connectivity index (χ1n) is 4.94. The van der Waals surface area contributed by atoms with Gasteiger partial charge in [0.05, 0.1) is 12.8 Å². The van der Waals surface area contributed by atoms with Gasteiger partial charge >= 0.3 is 11.8 Å². The van der Waals surface area contributed by atoms with E-state index in [0.29, 0.717) is 0 Å². The zero-order valence-electron chi connectivity index (χ0n) is 9.91. The second-order valence-electron chi connectivity index (χ2n) is 3.33. The number of rotatable bonds is 4. The van der Waals surface area contributed by atoms with Gasteiger partial charge in [-0.1, -0.05) is 6.57 Å². The minimum atomic E-state index is -0.511. The third kappa shape index (κ3) is 3.31. The summed E-state index contributed by atoms with van der Waals surface area (Å²) in [5, 5.41) is 7.30. The van der Waals surface area contributed by atoms with Gasteiger partial charge in [-0.15, -0.1) is 0 Å². The van der Waals surface area contributed by atoms with Crippen molar-refractivity contribution in [1.82, 2.24) is 19.9 Å². The molecule has 0 atom stereocenters. The number of aromatic nitrogens is 3. The highest BCUT2D eigenvalue weighted by molar-refractivity contribution is 6.09. The summed E-state index contributed by atoms with van der Waals surface area (Å²) in [4.78, 5) is 16.5. The maximum absolute atomic E-state index is 11.7. The standard InChI is InChI=1S/C10H13N5O2/c1-5-17-10(16)8(6-14(3)4)15-7-9(11-2)12-13-15/h6-7H,5H2,1,3-4H3. The van der Waals surface area contributed by atoms with Gasteiger partial charge in [-0.05, 0) is 6.92 Å². The molecule has 7 nitrogen and oxygen atoms in total. The van der Waals surface area contributed by atoms with E-state index in [9.17, 15) is 4.79 Å². The minimum Gasteiger partial charge on any atom is -0.461 e. The maximum atomic E-state index is 11.7. The molecule has 0 saturated heterocycles. The summed E-state index contributed by atoms with van der Waals surface area (Å²) in [6, 6.07) is 0. The summed E-state index contributed by atoms with van der Waals surface area (Å²) in [5.74, 6) is -0.387. The van der Waals surface area contributed by atoms with Gasteiger partial charge in [0.15, 0.2) is 5.70 Å². The number of hydrogen-bond acceptors (Lipinski definition) is 5. The first-order chi connectivity index (χ1) is 8.08. The molecule has 0 aliphatic heterocycles. The van der Waals surface area contributed by atoms with E-state index in [-0.39, 0.29) is 18.1 Å². The lowest BCUT2D eigenvalue weighted by atomic mass is 10.4. The monoisotopic (exact) mass is 235 g/mol. The van der Waals surface area contributed by atoms with Crippen LogP contribution < -0.4 is 0 Å². The van der Waals surface area contributed by atoms with E-state index in [2.05, 4.69) is 15.2 Å². The Labute approximate surface area is 99.1 Å². The SMILES string of the molecule is [C-]#[N+]c1cn(C(=CN(C)C)C(=O)OCC)nn1. The van der Waals surface area contributed by atoms with Crippen molar-refractivity contribution in [2.75, 3.05) is 20.7 Å². The van der Waals surface area contributed by atoms with Gasteiger partial charge < -0.3 is 14.5 Å². The molecular weight excluding hydrogens is 222 g/mol. The van der Waals surface area contributed by atoms with E-state index in [1.807, 2.05) is 0 Å². The van der Waals surface area contributed by atoms with Crippen molar-refractivity contribution in [2.45, 2.75) is 6.92 Å². The number of ether oxygens (including phenoxy) is 1. The molecule has 90 valence electrons. The lowest BCUT2D eigenvalue weighted by Gasteiger charge is -2.10. The molecule has 0 spiro atoms. The Morgan fingerprint density at radius 2 is 2.41 bits per heavy atom. The van der Waals surface area contributed by atoms with Gasteiger partial charge in [0.25, 0.3) is 0 Å². The van der Waals surface area contributed by atoms with Gasteiger partial charge in [-0.2, -0.15) is 0 Å². The van der Waals surface area contributed by atoms with E-state index < -0.39 is 5.97 Å². The van der Waals surface area contributed by atoms with Crippen LogP contribution in [0.2, 0.25) is 0 Å². The van der Waals surface area contributed by atoms with Crippen molar-refractivity contribution in [3.63, 3.8) is 0 Å². The third-order valence-electron chi connectivity index (χ3n) is 1.71. The molecule has 1 aromatic heterocycles. The number of nitrogens with zero attached hydrogens (tertiary/aromatic N) is 5. The lowest BCUT2D eigenvalue weighted by molar-refractivity contribution is -0.136. The number of esters is 1.